The number of nitriles is 1. The molecule has 4 heteroatoms. The molecule has 0 saturated carbocycles. The lowest BCUT2D eigenvalue weighted by Crippen LogP contribution is -2.00. The maximum atomic E-state index is 9.02. The summed E-state index contributed by atoms with van der Waals surface area (Å²) in [6.45, 7) is -0.203. The van der Waals surface area contributed by atoms with E-state index in [1.807, 2.05) is 6.07 Å². The Labute approximate surface area is 82.3 Å². The molecule has 0 spiro atoms. The summed E-state index contributed by atoms with van der Waals surface area (Å²) in [4.78, 5) is 0. The summed E-state index contributed by atoms with van der Waals surface area (Å²) in [6.07, 6.45) is 0. The number of hydrogen-bond acceptors (Lipinski definition) is 4. The van der Waals surface area contributed by atoms with Gasteiger partial charge in [-0.15, -0.1) is 0 Å². The van der Waals surface area contributed by atoms with Crippen molar-refractivity contribution in [3.8, 4) is 17.6 Å². The standard InChI is InChI=1S/C10H11NO3/c1-13-9-4-2-3-8(7-12)10(9)14-6-5-11/h2-4,12H,6-7H2,1H3. The van der Waals surface area contributed by atoms with E-state index in [4.69, 9.17) is 19.8 Å². The van der Waals surface area contributed by atoms with Crippen molar-refractivity contribution in [1.82, 2.24) is 0 Å². The third-order valence-corrected chi connectivity index (χ3v) is 1.73. The minimum atomic E-state index is -0.141. The molecule has 0 amide bonds. The lowest BCUT2D eigenvalue weighted by molar-refractivity contribution is 0.265. The first kappa shape index (κ1) is 10.4. The van der Waals surface area contributed by atoms with Gasteiger partial charge in [0.25, 0.3) is 0 Å². The second-order valence-electron chi connectivity index (χ2n) is 2.55. The molecule has 0 aliphatic heterocycles. The monoisotopic (exact) mass is 193 g/mol. The normalized spacial score (nSPS) is 9.21. The van der Waals surface area contributed by atoms with Gasteiger partial charge in [0.15, 0.2) is 18.1 Å². The highest BCUT2D eigenvalue weighted by Crippen LogP contribution is 2.30. The molecule has 1 N–H and O–H groups in total. The number of nitrogens with zero attached hydrogens (tertiary/aromatic N) is 1. The average molecular weight is 193 g/mol. The van der Waals surface area contributed by atoms with Crippen molar-refractivity contribution < 1.29 is 14.6 Å². The molecule has 0 unspecified atom stereocenters. The number of aliphatic hydroxyl groups is 1. The molecule has 0 atom stereocenters. The van der Waals surface area contributed by atoms with Gasteiger partial charge in [0.2, 0.25) is 0 Å². The maximum absolute atomic E-state index is 9.02. The van der Waals surface area contributed by atoms with Crippen LogP contribution in [-0.4, -0.2) is 18.8 Å². The van der Waals surface area contributed by atoms with Gasteiger partial charge in [-0.1, -0.05) is 12.1 Å². The molecule has 0 heterocycles. The van der Waals surface area contributed by atoms with Crippen LogP contribution in [0.1, 0.15) is 5.56 Å². The first-order chi connectivity index (χ1) is 6.83. The number of benzene rings is 1. The van der Waals surface area contributed by atoms with E-state index in [2.05, 4.69) is 0 Å². The molecule has 14 heavy (non-hydrogen) atoms. The highest BCUT2D eigenvalue weighted by Gasteiger charge is 2.08. The molecule has 0 aliphatic carbocycles. The van der Waals surface area contributed by atoms with E-state index in [-0.39, 0.29) is 13.2 Å². The summed E-state index contributed by atoms with van der Waals surface area (Å²) in [7, 11) is 1.51. The predicted molar refractivity (Wildman–Crippen MR) is 50.0 cm³/mol. The largest absolute Gasteiger partial charge is 0.493 e. The Morgan fingerprint density at radius 3 is 2.86 bits per heavy atom. The number of methoxy groups -OCH3 is 1. The van der Waals surface area contributed by atoms with Gasteiger partial charge in [0, 0.05) is 5.56 Å². The highest BCUT2D eigenvalue weighted by molar-refractivity contribution is 5.46. The zero-order valence-corrected chi connectivity index (χ0v) is 7.86. The summed E-state index contributed by atoms with van der Waals surface area (Å²) in [6, 6.07) is 7.04. The number of aliphatic hydroxyl groups excluding tert-OH is 1. The molecule has 4 nitrogen and oxygen atoms in total. The highest BCUT2D eigenvalue weighted by atomic mass is 16.5. The summed E-state index contributed by atoms with van der Waals surface area (Å²) in [5, 5.41) is 17.4. The Morgan fingerprint density at radius 1 is 1.50 bits per heavy atom. The van der Waals surface area contributed by atoms with Crippen LogP contribution in [0, 0.1) is 11.3 Å². The van der Waals surface area contributed by atoms with Crippen molar-refractivity contribution in [2.75, 3.05) is 13.7 Å². The molecule has 0 bridgehead atoms. The number of ether oxygens (including phenoxy) is 2. The molecule has 0 fully saturated rings. The molecule has 0 aromatic heterocycles. The third-order valence-electron chi connectivity index (χ3n) is 1.73. The van der Waals surface area contributed by atoms with Crippen LogP contribution in [0.4, 0.5) is 0 Å². The van der Waals surface area contributed by atoms with Crippen molar-refractivity contribution in [3.63, 3.8) is 0 Å². The zero-order chi connectivity index (χ0) is 10.4. The zero-order valence-electron chi connectivity index (χ0n) is 7.86. The summed E-state index contributed by atoms with van der Waals surface area (Å²) in [5.41, 5.74) is 0.611. The molecule has 1 aromatic rings. The first-order valence-electron chi connectivity index (χ1n) is 4.10. The lowest BCUT2D eigenvalue weighted by Gasteiger charge is -2.11. The topological polar surface area (TPSA) is 62.5 Å². The summed E-state index contributed by atoms with van der Waals surface area (Å²) in [5.74, 6) is 0.950. The van der Waals surface area contributed by atoms with Crippen LogP contribution in [0.5, 0.6) is 11.5 Å². The van der Waals surface area contributed by atoms with E-state index in [1.165, 1.54) is 7.11 Å². The smallest absolute Gasteiger partial charge is 0.174 e. The van der Waals surface area contributed by atoms with E-state index < -0.39 is 0 Å². The van der Waals surface area contributed by atoms with Crippen LogP contribution in [0.15, 0.2) is 18.2 Å². The fraction of sp³-hybridized carbons (Fsp3) is 0.300. The van der Waals surface area contributed by atoms with Gasteiger partial charge in [0.1, 0.15) is 6.07 Å². The Balaban J connectivity index is 3.00. The molecular weight excluding hydrogens is 182 g/mol. The number of rotatable bonds is 4. The minimum Gasteiger partial charge on any atom is -0.493 e. The van der Waals surface area contributed by atoms with E-state index >= 15 is 0 Å². The van der Waals surface area contributed by atoms with Crippen LogP contribution in [0.25, 0.3) is 0 Å². The third kappa shape index (κ3) is 2.15. The minimum absolute atomic E-state index is 0.0621. The lowest BCUT2D eigenvalue weighted by atomic mass is 10.2. The van der Waals surface area contributed by atoms with Crippen LogP contribution in [0.3, 0.4) is 0 Å². The van der Waals surface area contributed by atoms with Gasteiger partial charge >= 0.3 is 0 Å². The summed E-state index contributed by atoms with van der Waals surface area (Å²) < 4.78 is 10.2. The molecule has 74 valence electrons. The van der Waals surface area contributed by atoms with Crippen molar-refractivity contribution in [3.05, 3.63) is 23.8 Å². The molecule has 1 rings (SSSR count). The Kier molecular flexibility index (Phi) is 3.77. The van der Waals surface area contributed by atoms with E-state index in [0.717, 1.165) is 0 Å². The van der Waals surface area contributed by atoms with Crippen molar-refractivity contribution >= 4 is 0 Å². The van der Waals surface area contributed by atoms with Crippen molar-refractivity contribution in [1.29, 1.82) is 5.26 Å². The van der Waals surface area contributed by atoms with Gasteiger partial charge in [-0.05, 0) is 6.07 Å². The van der Waals surface area contributed by atoms with Gasteiger partial charge < -0.3 is 14.6 Å². The maximum Gasteiger partial charge on any atom is 0.174 e. The Bertz CT molecular complexity index is 321. The number of para-hydroxylation sites is 1. The van der Waals surface area contributed by atoms with Gasteiger partial charge in [0.05, 0.1) is 13.7 Å². The van der Waals surface area contributed by atoms with Gasteiger partial charge in [-0.25, -0.2) is 0 Å². The average Bonchev–Trinajstić information content (AvgIpc) is 2.25. The molecule has 1 aromatic carbocycles. The second kappa shape index (κ2) is 5.10. The van der Waals surface area contributed by atoms with Crippen LogP contribution in [0.2, 0.25) is 0 Å². The van der Waals surface area contributed by atoms with Gasteiger partial charge in [-0.3, -0.25) is 0 Å². The molecule has 0 radical (unpaired) electrons. The molecule has 0 aliphatic rings. The quantitative estimate of drug-likeness (QED) is 0.777. The van der Waals surface area contributed by atoms with Gasteiger partial charge in [-0.2, -0.15) is 5.26 Å². The number of hydrogen-bond donors (Lipinski definition) is 1. The Morgan fingerprint density at radius 2 is 2.29 bits per heavy atom. The Hall–Kier alpha value is -1.73. The molecular formula is C10H11NO3. The van der Waals surface area contributed by atoms with Crippen LogP contribution >= 0.6 is 0 Å². The SMILES string of the molecule is COc1cccc(CO)c1OCC#N. The van der Waals surface area contributed by atoms with Crippen LogP contribution < -0.4 is 9.47 Å². The van der Waals surface area contributed by atoms with E-state index in [1.54, 1.807) is 18.2 Å². The predicted octanol–water partition coefficient (Wildman–Crippen LogP) is 1.09. The fourth-order valence-corrected chi connectivity index (χ4v) is 1.11. The van der Waals surface area contributed by atoms with Crippen molar-refractivity contribution in [2.45, 2.75) is 6.61 Å². The van der Waals surface area contributed by atoms with Crippen LogP contribution in [-0.2, 0) is 6.61 Å². The summed E-state index contributed by atoms with van der Waals surface area (Å²) >= 11 is 0. The van der Waals surface area contributed by atoms with E-state index in [0.29, 0.717) is 17.1 Å². The molecule has 0 saturated heterocycles. The first-order valence-corrected chi connectivity index (χ1v) is 4.10. The second-order valence-corrected chi connectivity index (χ2v) is 2.55. The van der Waals surface area contributed by atoms with E-state index in [9.17, 15) is 0 Å². The fourth-order valence-electron chi connectivity index (χ4n) is 1.11. The van der Waals surface area contributed by atoms with Crippen molar-refractivity contribution in [2.24, 2.45) is 0 Å².